The van der Waals surface area contributed by atoms with Crippen LogP contribution in [0.25, 0.3) is 0 Å². The molecule has 190 valence electrons. The molecule has 0 radical (unpaired) electrons. The maximum Gasteiger partial charge on any atom is 0.416 e. The lowest BCUT2D eigenvalue weighted by Crippen LogP contribution is -2.50. The Kier molecular flexibility index (Phi) is 8.67. The lowest BCUT2D eigenvalue weighted by molar-refractivity contribution is -0.137. The molecule has 36 heavy (non-hydrogen) atoms. The van der Waals surface area contributed by atoms with Gasteiger partial charge in [0.1, 0.15) is 0 Å². The van der Waals surface area contributed by atoms with Crippen molar-refractivity contribution in [2.45, 2.75) is 25.3 Å². The molecule has 1 aliphatic heterocycles. The fraction of sp³-hybridized carbons (Fsp3) is 0.321. The molecule has 1 saturated heterocycles. The van der Waals surface area contributed by atoms with Crippen molar-refractivity contribution in [2.24, 2.45) is 0 Å². The Morgan fingerprint density at radius 1 is 0.861 bits per heavy atom. The zero-order valence-corrected chi connectivity index (χ0v) is 20.5. The summed E-state index contributed by atoms with van der Waals surface area (Å²) >= 11 is 6.06. The van der Waals surface area contributed by atoms with Crippen molar-refractivity contribution in [3.05, 3.63) is 106 Å². The van der Waals surface area contributed by atoms with Crippen LogP contribution in [0.2, 0.25) is 5.02 Å². The summed E-state index contributed by atoms with van der Waals surface area (Å²) in [7, 11) is 0. The van der Waals surface area contributed by atoms with Crippen molar-refractivity contribution in [3.63, 3.8) is 0 Å². The fourth-order valence-corrected chi connectivity index (χ4v) is 4.34. The number of piperazine rings is 1. The average molecular weight is 517 g/mol. The average Bonchev–Trinajstić information content (AvgIpc) is 2.88. The molecule has 0 spiro atoms. The second kappa shape index (κ2) is 11.9. The van der Waals surface area contributed by atoms with Gasteiger partial charge < -0.3 is 9.64 Å². The molecule has 1 aliphatic rings. The first-order chi connectivity index (χ1) is 17.3. The molecule has 1 atom stereocenters. The topological polar surface area (TPSA) is 32.8 Å². The molecule has 1 amide bonds. The Balaban J connectivity index is 1.35. The van der Waals surface area contributed by atoms with Crippen LogP contribution in [0.15, 0.2) is 78.9 Å². The molecule has 1 fully saturated rings. The predicted octanol–water partition coefficient (Wildman–Crippen LogP) is 6.00. The van der Waals surface area contributed by atoms with E-state index in [-0.39, 0.29) is 18.6 Å². The molecule has 1 heterocycles. The predicted molar refractivity (Wildman–Crippen MR) is 134 cm³/mol. The Bertz CT molecular complexity index is 1110. The summed E-state index contributed by atoms with van der Waals surface area (Å²) in [5, 5.41) is 0.616. The van der Waals surface area contributed by atoms with Crippen LogP contribution < -0.4 is 0 Å². The number of hydrogen-bond donors (Lipinski definition) is 0. The van der Waals surface area contributed by atoms with Gasteiger partial charge in [0.15, 0.2) is 0 Å². The second-order valence-corrected chi connectivity index (χ2v) is 9.33. The summed E-state index contributed by atoms with van der Waals surface area (Å²) in [5.74, 6) is 0.119. The van der Waals surface area contributed by atoms with Crippen LogP contribution in [0.5, 0.6) is 0 Å². The minimum Gasteiger partial charge on any atom is -0.368 e. The van der Waals surface area contributed by atoms with Gasteiger partial charge in [-0.25, -0.2) is 0 Å². The van der Waals surface area contributed by atoms with Gasteiger partial charge in [0.05, 0.1) is 24.7 Å². The molecule has 0 N–H and O–H groups in total. The molecular formula is C28H28ClF3N2O2. The number of halogens is 4. The van der Waals surface area contributed by atoms with Crippen molar-refractivity contribution >= 4 is 17.5 Å². The van der Waals surface area contributed by atoms with Gasteiger partial charge in [0.2, 0.25) is 5.91 Å². The van der Waals surface area contributed by atoms with E-state index >= 15 is 0 Å². The Labute approximate surface area is 214 Å². The maximum atomic E-state index is 12.9. The van der Waals surface area contributed by atoms with Crippen LogP contribution in [-0.4, -0.2) is 48.4 Å². The second-order valence-electron chi connectivity index (χ2n) is 8.89. The Hall–Kier alpha value is -2.87. The number of alkyl halides is 3. The number of hydrogen-bond acceptors (Lipinski definition) is 3. The largest absolute Gasteiger partial charge is 0.416 e. The van der Waals surface area contributed by atoms with Crippen LogP contribution in [0.4, 0.5) is 13.2 Å². The minimum atomic E-state index is -4.37. The first kappa shape index (κ1) is 26.2. The van der Waals surface area contributed by atoms with Gasteiger partial charge in [-0.2, -0.15) is 13.2 Å². The number of carbonyl (C=O) groups is 1. The van der Waals surface area contributed by atoms with Crippen LogP contribution in [0.1, 0.15) is 28.4 Å². The minimum absolute atomic E-state index is 0.119. The third-order valence-electron chi connectivity index (χ3n) is 6.32. The SMILES string of the molecule is O=C(Cc1ccccc1)N1CCN(C[C@@H](OCc2ccc(C(F)(F)F)cc2)c2ccc(Cl)cc2)CC1. The highest BCUT2D eigenvalue weighted by Crippen LogP contribution is 2.30. The molecule has 3 aromatic rings. The van der Waals surface area contributed by atoms with Gasteiger partial charge in [-0.3, -0.25) is 9.69 Å². The zero-order valence-electron chi connectivity index (χ0n) is 19.8. The van der Waals surface area contributed by atoms with E-state index in [4.69, 9.17) is 16.3 Å². The molecule has 0 aliphatic carbocycles. The lowest BCUT2D eigenvalue weighted by Gasteiger charge is -2.36. The van der Waals surface area contributed by atoms with Crippen LogP contribution in [0, 0.1) is 0 Å². The normalized spacial score (nSPS) is 15.6. The fourth-order valence-electron chi connectivity index (χ4n) is 4.22. The molecule has 0 bridgehead atoms. The number of ether oxygens (including phenoxy) is 1. The van der Waals surface area contributed by atoms with E-state index < -0.39 is 11.7 Å². The molecule has 4 rings (SSSR count). The van der Waals surface area contributed by atoms with E-state index in [1.807, 2.05) is 47.4 Å². The zero-order chi connectivity index (χ0) is 25.5. The summed E-state index contributed by atoms with van der Waals surface area (Å²) < 4.78 is 44.8. The van der Waals surface area contributed by atoms with Gasteiger partial charge >= 0.3 is 6.18 Å². The molecule has 0 aromatic heterocycles. The van der Waals surface area contributed by atoms with E-state index in [2.05, 4.69) is 4.90 Å². The summed E-state index contributed by atoms with van der Waals surface area (Å²) in [6.45, 7) is 3.49. The van der Waals surface area contributed by atoms with Gasteiger partial charge in [0.25, 0.3) is 0 Å². The Morgan fingerprint density at radius 3 is 2.11 bits per heavy atom. The van der Waals surface area contributed by atoms with Crippen LogP contribution >= 0.6 is 11.6 Å². The number of nitrogens with zero attached hydrogens (tertiary/aromatic N) is 2. The van der Waals surface area contributed by atoms with Gasteiger partial charge in [-0.1, -0.05) is 66.2 Å². The van der Waals surface area contributed by atoms with Crippen molar-refractivity contribution in [2.75, 3.05) is 32.7 Å². The van der Waals surface area contributed by atoms with Gasteiger partial charge in [0, 0.05) is 37.7 Å². The summed E-state index contributed by atoms with van der Waals surface area (Å²) in [4.78, 5) is 16.8. The third-order valence-corrected chi connectivity index (χ3v) is 6.57. The van der Waals surface area contributed by atoms with Crippen LogP contribution in [0.3, 0.4) is 0 Å². The molecule has 0 unspecified atom stereocenters. The summed E-state index contributed by atoms with van der Waals surface area (Å²) in [6, 6.07) is 22.1. The van der Waals surface area contributed by atoms with E-state index in [0.717, 1.165) is 23.3 Å². The van der Waals surface area contributed by atoms with E-state index in [0.29, 0.717) is 49.7 Å². The standard InChI is InChI=1S/C28H28ClF3N2O2/c29-25-12-8-23(9-13-25)26(36-20-22-6-10-24(11-7-22)28(30,31)32)19-33-14-16-34(17-15-33)27(35)18-21-4-2-1-3-5-21/h1-13,26H,14-20H2/t26-/m1/s1. The highest BCUT2D eigenvalue weighted by atomic mass is 35.5. The van der Waals surface area contributed by atoms with Crippen LogP contribution in [-0.2, 0) is 28.7 Å². The number of rotatable bonds is 8. The molecule has 3 aromatic carbocycles. The van der Waals surface area contributed by atoms with E-state index in [1.54, 1.807) is 12.1 Å². The Morgan fingerprint density at radius 2 is 1.50 bits per heavy atom. The number of carbonyl (C=O) groups excluding carboxylic acids is 1. The van der Waals surface area contributed by atoms with E-state index in [9.17, 15) is 18.0 Å². The summed E-state index contributed by atoms with van der Waals surface area (Å²) in [5.41, 5.74) is 1.93. The van der Waals surface area contributed by atoms with Crippen molar-refractivity contribution < 1.29 is 22.7 Å². The van der Waals surface area contributed by atoms with Crippen molar-refractivity contribution in [1.82, 2.24) is 9.80 Å². The third kappa shape index (κ3) is 7.32. The molecule has 0 saturated carbocycles. The number of amides is 1. The van der Waals surface area contributed by atoms with Crippen molar-refractivity contribution in [3.8, 4) is 0 Å². The highest BCUT2D eigenvalue weighted by Gasteiger charge is 2.30. The highest BCUT2D eigenvalue weighted by molar-refractivity contribution is 6.30. The monoisotopic (exact) mass is 516 g/mol. The quantitative estimate of drug-likeness (QED) is 0.368. The van der Waals surface area contributed by atoms with Gasteiger partial charge in [-0.05, 0) is 41.0 Å². The number of benzene rings is 3. The first-order valence-corrected chi connectivity index (χ1v) is 12.2. The smallest absolute Gasteiger partial charge is 0.368 e. The molecule has 8 heteroatoms. The van der Waals surface area contributed by atoms with Crippen molar-refractivity contribution in [1.29, 1.82) is 0 Å². The molecule has 4 nitrogen and oxygen atoms in total. The first-order valence-electron chi connectivity index (χ1n) is 11.9. The lowest BCUT2D eigenvalue weighted by atomic mass is 10.1. The van der Waals surface area contributed by atoms with Gasteiger partial charge in [-0.15, -0.1) is 0 Å². The summed E-state index contributed by atoms with van der Waals surface area (Å²) in [6.07, 6.45) is -4.27. The maximum absolute atomic E-state index is 12.9. The van der Waals surface area contributed by atoms with E-state index in [1.165, 1.54) is 12.1 Å². The molecular weight excluding hydrogens is 489 g/mol.